The molecule has 2 atom stereocenters. The highest BCUT2D eigenvalue weighted by molar-refractivity contribution is 5.43. The molecule has 2 unspecified atom stereocenters. The molecule has 2 aromatic carbocycles. The van der Waals surface area contributed by atoms with Crippen LogP contribution >= 0.6 is 0 Å². The Labute approximate surface area is 108 Å². The SMILES string of the molecule is CC1CCc2ccccc2C1(O)c1ccccc1. The van der Waals surface area contributed by atoms with Gasteiger partial charge in [0.05, 0.1) is 0 Å². The zero-order chi connectivity index (χ0) is 12.6. The van der Waals surface area contributed by atoms with E-state index < -0.39 is 5.60 Å². The van der Waals surface area contributed by atoms with Gasteiger partial charge in [-0.25, -0.2) is 0 Å². The summed E-state index contributed by atoms with van der Waals surface area (Å²) in [5, 5.41) is 11.3. The molecule has 3 rings (SSSR count). The maximum absolute atomic E-state index is 11.3. The van der Waals surface area contributed by atoms with Crippen LogP contribution in [0.3, 0.4) is 0 Å². The summed E-state index contributed by atoms with van der Waals surface area (Å²) in [6, 6.07) is 18.3. The van der Waals surface area contributed by atoms with Crippen LogP contribution in [0.25, 0.3) is 0 Å². The van der Waals surface area contributed by atoms with Gasteiger partial charge in [-0.3, -0.25) is 0 Å². The van der Waals surface area contributed by atoms with Crippen molar-refractivity contribution in [2.24, 2.45) is 5.92 Å². The number of rotatable bonds is 1. The van der Waals surface area contributed by atoms with Gasteiger partial charge < -0.3 is 5.11 Å². The summed E-state index contributed by atoms with van der Waals surface area (Å²) in [4.78, 5) is 0. The molecule has 0 saturated heterocycles. The number of benzene rings is 2. The van der Waals surface area contributed by atoms with Gasteiger partial charge in [0.25, 0.3) is 0 Å². The number of hydrogen-bond donors (Lipinski definition) is 1. The van der Waals surface area contributed by atoms with Crippen LogP contribution in [0.15, 0.2) is 54.6 Å². The van der Waals surface area contributed by atoms with Gasteiger partial charge in [0.2, 0.25) is 0 Å². The van der Waals surface area contributed by atoms with E-state index in [0.29, 0.717) is 0 Å². The molecule has 0 amide bonds. The molecule has 1 heteroatoms. The molecule has 0 saturated carbocycles. The maximum atomic E-state index is 11.3. The average molecular weight is 238 g/mol. The van der Waals surface area contributed by atoms with Crippen molar-refractivity contribution in [3.05, 3.63) is 71.3 Å². The van der Waals surface area contributed by atoms with Crippen LogP contribution in [0.5, 0.6) is 0 Å². The highest BCUT2D eigenvalue weighted by atomic mass is 16.3. The average Bonchev–Trinajstić information content (AvgIpc) is 2.44. The van der Waals surface area contributed by atoms with Gasteiger partial charge in [-0.05, 0) is 35.4 Å². The lowest BCUT2D eigenvalue weighted by atomic mass is 9.69. The first-order chi connectivity index (χ1) is 8.73. The predicted octanol–water partition coefficient (Wildman–Crippen LogP) is 3.50. The normalized spacial score (nSPS) is 26.7. The third kappa shape index (κ3) is 1.58. The molecule has 18 heavy (non-hydrogen) atoms. The van der Waals surface area contributed by atoms with Crippen molar-refractivity contribution in [2.75, 3.05) is 0 Å². The van der Waals surface area contributed by atoms with Crippen LogP contribution in [0.1, 0.15) is 30.0 Å². The molecule has 1 nitrogen and oxygen atoms in total. The van der Waals surface area contributed by atoms with Gasteiger partial charge >= 0.3 is 0 Å². The van der Waals surface area contributed by atoms with Crippen LogP contribution in [0, 0.1) is 5.92 Å². The fraction of sp³-hybridized carbons (Fsp3) is 0.294. The second-order valence-corrected chi connectivity index (χ2v) is 5.23. The number of aryl methyl sites for hydroxylation is 1. The molecule has 0 heterocycles. The Morgan fingerprint density at radius 1 is 1.00 bits per heavy atom. The summed E-state index contributed by atoms with van der Waals surface area (Å²) in [6.07, 6.45) is 2.09. The lowest BCUT2D eigenvalue weighted by molar-refractivity contribution is 0.0124. The summed E-state index contributed by atoms with van der Waals surface area (Å²) in [5.41, 5.74) is 2.53. The van der Waals surface area contributed by atoms with Crippen LogP contribution < -0.4 is 0 Å². The third-order valence-electron chi connectivity index (χ3n) is 4.20. The van der Waals surface area contributed by atoms with Gasteiger partial charge in [0.1, 0.15) is 5.60 Å². The first kappa shape index (κ1) is 11.5. The van der Waals surface area contributed by atoms with Crippen molar-refractivity contribution in [3.8, 4) is 0 Å². The van der Waals surface area contributed by atoms with Crippen LogP contribution in [0.4, 0.5) is 0 Å². The summed E-state index contributed by atoms with van der Waals surface area (Å²) in [7, 11) is 0. The zero-order valence-corrected chi connectivity index (χ0v) is 10.6. The minimum atomic E-state index is -0.837. The summed E-state index contributed by atoms with van der Waals surface area (Å²) < 4.78 is 0. The first-order valence-corrected chi connectivity index (χ1v) is 6.59. The molecule has 0 radical (unpaired) electrons. The molecule has 2 aromatic rings. The Bertz CT molecular complexity index is 547. The van der Waals surface area contributed by atoms with Crippen molar-refractivity contribution in [3.63, 3.8) is 0 Å². The van der Waals surface area contributed by atoms with Crippen LogP contribution in [0.2, 0.25) is 0 Å². The van der Waals surface area contributed by atoms with Crippen molar-refractivity contribution < 1.29 is 5.11 Å². The molecule has 92 valence electrons. The Morgan fingerprint density at radius 2 is 1.67 bits per heavy atom. The lowest BCUT2D eigenvalue weighted by Crippen LogP contribution is -2.39. The van der Waals surface area contributed by atoms with Gasteiger partial charge in [0.15, 0.2) is 0 Å². The number of aliphatic hydroxyl groups is 1. The second kappa shape index (κ2) is 4.25. The predicted molar refractivity (Wildman–Crippen MR) is 73.4 cm³/mol. The van der Waals surface area contributed by atoms with Crippen molar-refractivity contribution in [1.82, 2.24) is 0 Å². The first-order valence-electron chi connectivity index (χ1n) is 6.59. The molecule has 0 spiro atoms. The Hall–Kier alpha value is -1.60. The number of fused-ring (bicyclic) bond motifs is 1. The monoisotopic (exact) mass is 238 g/mol. The smallest absolute Gasteiger partial charge is 0.117 e. The molecular weight excluding hydrogens is 220 g/mol. The van der Waals surface area contributed by atoms with E-state index in [4.69, 9.17) is 0 Å². The molecule has 0 aromatic heterocycles. The van der Waals surface area contributed by atoms with E-state index in [-0.39, 0.29) is 5.92 Å². The topological polar surface area (TPSA) is 20.2 Å². The van der Waals surface area contributed by atoms with E-state index in [1.807, 2.05) is 36.4 Å². The van der Waals surface area contributed by atoms with Crippen LogP contribution in [-0.2, 0) is 12.0 Å². The summed E-state index contributed by atoms with van der Waals surface area (Å²) in [6.45, 7) is 2.14. The fourth-order valence-electron chi connectivity index (χ4n) is 3.09. The van der Waals surface area contributed by atoms with E-state index in [0.717, 1.165) is 24.0 Å². The largest absolute Gasteiger partial charge is 0.380 e. The lowest BCUT2D eigenvalue weighted by Gasteiger charge is -2.40. The Morgan fingerprint density at radius 3 is 2.44 bits per heavy atom. The van der Waals surface area contributed by atoms with E-state index in [2.05, 4.69) is 25.1 Å². The van der Waals surface area contributed by atoms with Gasteiger partial charge in [-0.1, -0.05) is 61.5 Å². The van der Waals surface area contributed by atoms with Crippen molar-refractivity contribution >= 4 is 0 Å². The minimum absolute atomic E-state index is 0.245. The van der Waals surface area contributed by atoms with E-state index in [1.54, 1.807) is 0 Å². The zero-order valence-electron chi connectivity index (χ0n) is 10.6. The highest BCUT2D eigenvalue weighted by Gasteiger charge is 2.41. The van der Waals surface area contributed by atoms with Crippen molar-refractivity contribution in [1.29, 1.82) is 0 Å². The molecule has 1 aliphatic rings. The van der Waals surface area contributed by atoms with Gasteiger partial charge in [0, 0.05) is 0 Å². The second-order valence-electron chi connectivity index (χ2n) is 5.23. The molecule has 0 bridgehead atoms. The molecular formula is C17H18O. The summed E-state index contributed by atoms with van der Waals surface area (Å²) in [5.74, 6) is 0.245. The Balaban J connectivity index is 2.21. The van der Waals surface area contributed by atoms with Gasteiger partial charge in [-0.2, -0.15) is 0 Å². The van der Waals surface area contributed by atoms with Gasteiger partial charge in [-0.15, -0.1) is 0 Å². The van der Waals surface area contributed by atoms with E-state index >= 15 is 0 Å². The molecule has 1 N–H and O–H groups in total. The minimum Gasteiger partial charge on any atom is -0.380 e. The highest BCUT2D eigenvalue weighted by Crippen LogP contribution is 2.43. The van der Waals surface area contributed by atoms with E-state index in [1.165, 1.54) is 5.56 Å². The molecule has 0 fully saturated rings. The molecule has 1 aliphatic carbocycles. The number of hydrogen-bond acceptors (Lipinski definition) is 1. The van der Waals surface area contributed by atoms with Crippen molar-refractivity contribution in [2.45, 2.75) is 25.4 Å². The third-order valence-corrected chi connectivity index (χ3v) is 4.20. The van der Waals surface area contributed by atoms with E-state index in [9.17, 15) is 5.11 Å². The fourth-order valence-corrected chi connectivity index (χ4v) is 3.09. The maximum Gasteiger partial charge on any atom is 0.117 e. The quantitative estimate of drug-likeness (QED) is 0.806. The molecule has 0 aliphatic heterocycles. The summed E-state index contributed by atoms with van der Waals surface area (Å²) >= 11 is 0. The standard InChI is InChI=1S/C17H18O/c1-13-11-12-14-7-5-6-10-16(14)17(13,18)15-8-3-2-4-9-15/h2-10,13,18H,11-12H2,1H3. The Kier molecular flexibility index (Phi) is 2.71. The van der Waals surface area contributed by atoms with Crippen LogP contribution in [-0.4, -0.2) is 5.11 Å².